The lowest BCUT2D eigenvalue weighted by Crippen LogP contribution is -2.45. The van der Waals surface area contributed by atoms with Crippen molar-refractivity contribution in [1.29, 1.82) is 5.26 Å². The smallest absolute Gasteiger partial charge is 0.206 e. The topological polar surface area (TPSA) is 150 Å². The summed E-state index contributed by atoms with van der Waals surface area (Å²) in [4.78, 5) is 3.87. The fourth-order valence-electron chi connectivity index (χ4n) is 2.84. The van der Waals surface area contributed by atoms with Crippen molar-refractivity contribution < 1.29 is 20.1 Å². The molecule has 9 nitrogen and oxygen atoms in total. The number of hydrogen-bond donors (Lipinski definition) is 4. The van der Waals surface area contributed by atoms with Gasteiger partial charge in [0.15, 0.2) is 5.82 Å². The molecule has 2 aromatic rings. The second-order valence-corrected chi connectivity index (χ2v) is 5.42. The number of fused-ring (bicyclic) bond motifs is 1. The SMILES string of the molecule is C[C@@]1(c2ccc3c(N)ncnn23)O[C@](C#N)(CO)[C@@H](O)[C@H]1O. The van der Waals surface area contributed by atoms with Crippen molar-refractivity contribution in [2.75, 3.05) is 12.3 Å². The third-order valence-corrected chi connectivity index (χ3v) is 4.15. The molecule has 0 bridgehead atoms. The zero-order valence-electron chi connectivity index (χ0n) is 11.7. The number of aliphatic hydroxyl groups excluding tert-OH is 3. The van der Waals surface area contributed by atoms with E-state index >= 15 is 0 Å². The molecule has 9 heteroatoms. The molecule has 3 rings (SSSR count). The van der Waals surface area contributed by atoms with Crippen LogP contribution in [0.5, 0.6) is 0 Å². The van der Waals surface area contributed by atoms with Gasteiger partial charge in [0.2, 0.25) is 5.60 Å². The average Bonchev–Trinajstić information content (AvgIpc) is 3.04. The number of nitrogens with two attached hydrogens (primary N) is 1. The number of rotatable bonds is 2. The van der Waals surface area contributed by atoms with Gasteiger partial charge in [0.25, 0.3) is 0 Å². The molecule has 3 heterocycles. The number of nitrogens with zero attached hydrogens (tertiary/aromatic N) is 4. The van der Waals surface area contributed by atoms with Gasteiger partial charge < -0.3 is 25.8 Å². The lowest BCUT2D eigenvalue weighted by Gasteiger charge is -2.28. The molecule has 1 aliphatic heterocycles. The van der Waals surface area contributed by atoms with E-state index in [1.807, 2.05) is 0 Å². The van der Waals surface area contributed by atoms with Crippen LogP contribution >= 0.6 is 0 Å². The van der Waals surface area contributed by atoms with Crippen molar-refractivity contribution in [2.45, 2.75) is 30.3 Å². The van der Waals surface area contributed by atoms with Crippen LogP contribution in [-0.4, -0.2) is 54.3 Å². The van der Waals surface area contributed by atoms with Gasteiger partial charge in [0, 0.05) is 0 Å². The summed E-state index contributed by atoms with van der Waals surface area (Å²) in [7, 11) is 0. The quantitative estimate of drug-likeness (QED) is 0.525. The van der Waals surface area contributed by atoms with E-state index in [2.05, 4.69) is 10.1 Å². The standard InChI is InChI=1S/C13H15N5O4/c1-12(9(20)10(21)13(4-14,5-19)22-12)8-3-2-7-11(15)16-6-17-18(7)8/h2-3,6,9-10,19-21H,5H2,1H3,(H2,15,16,17)/t9-,10+,12+,13-/m1/s1. The van der Waals surface area contributed by atoms with Crippen molar-refractivity contribution in [1.82, 2.24) is 14.6 Å². The van der Waals surface area contributed by atoms with Gasteiger partial charge in [-0.1, -0.05) is 0 Å². The molecule has 0 unspecified atom stereocenters. The molecule has 0 amide bonds. The highest BCUT2D eigenvalue weighted by Crippen LogP contribution is 2.44. The highest BCUT2D eigenvalue weighted by Gasteiger charge is 2.62. The van der Waals surface area contributed by atoms with Gasteiger partial charge in [-0.25, -0.2) is 9.50 Å². The summed E-state index contributed by atoms with van der Waals surface area (Å²) in [5, 5.41) is 43.2. The normalized spacial score (nSPS) is 34.9. The maximum atomic E-state index is 10.4. The molecular formula is C13H15N5O4. The van der Waals surface area contributed by atoms with Gasteiger partial charge in [-0.3, -0.25) is 0 Å². The zero-order chi connectivity index (χ0) is 16.1. The van der Waals surface area contributed by atoms with Gasteiger partial charge in [-0.05, 0) is 19.1 Å². The maximum Gasteiger partial charge on any atom is 0.206 e. The molecule has 2 aromatic heterocycles. The molecule has 116 valence electrons. The minimum atomic E-state index is -1.91. The molecule has 22 heavy (non-hydrogen) atoms. The van der Waals surface area contributed by atoms with E-state index in [9.17, 15) is 20.6 Å². The number of hydrogen-bond acceptors (Lipinski definition) is 8. The van der Waals surface area contributed by atoms with Gasteiger partial charge in [-0.2, -0.15) is 10.4 Å². The number of nitriles is 1. The number of aromatic nitrogens is 3. The van der Waals surface area contributed by atoms with Crippen molar-refractivity contribution in [3.05, 3.63) is 24.2 Å². The maximum absolute atomic E-state index is 10.4. The highest BCUT2D eigenvalue weighted by molar-refractivity contribution is 5.65. The molecule has 1 fully saturated rings. The molecular weight excluding hydrogens is 290 g/mol. The fraction of sp³-hybridized carbons (Fsp3) is 0.462. The van der Waals surface area contributed by atoms with E-state index in [0.717, 1.165) is 0 Å². The Balaban J connectivity index is 2.18. The van der Waals surface area contributed by atoms with Crippen molar-refractivity contribution in [3.8, 4) is 6.07 Å². The van der Waals surface area contributed by atoms with Gasteiger partial charge in [-0.15, -0.1) is 0 Å². The van der Waals surface area contributed by atoms with Crippen LogP contribution in [0.25, 0.3) is 5.52 Å². The van der Waals surface area contributed by atoms with E-state index in [1.54, 1.807) is 18.2 Å². The van der Waals surface area contributed by atoms with Gasteiger partial charge >= 0.3 is 0 Å². The first kappa shape index (κ1) is 14.7. The van der Waals surface area contributed by atoms with Crippen LogP contribution < -0.4 is 5.73 Å². The first-order chi connectivity index (χ1) is 10.4. The predicted octanol–water partition coefficient (Wildman–Crippen LogP) is -1.47. The summed E-state index contributed by atoms with van der Waals surface area (Å²) >= 11 is 0. The summed E-state index contributed by atoms with van der Waals surface area (Å²) in [5.74, 6) is 0.242. The summed E-state index contributed by atoms with van der Waals surface area (Å²) in [6.07, 6.45) is -1.76. The van der Waals surface area contributed by atoms with Crippen molar-refractivity contribution in [3.63, 3.8) is 0 Å². The second kappa shape index (κ2) is 4.62. The first-order valence-electron chi connectivity index (χ1n) is 6.57. The average molecular weight is 305 g/mol. The molecule has 4 atom stereocenters. The molecule has 1 saturated heterocycles. The van der Waals surface area contributed by atoms with E-state index in [1.165, 1.54) is 17.8 Å². The molecule has 0 spiro atoms. The largest absolute Gasteiger partial charge is 0.392 e. The Morgan fingerprint density at radius 1 is 1.45 bits per heavy atom. The Labute approximate surface area is 125 Å². The third kappa shape index (κ3) is 1.66. The lowest BCUT2D eigenvalue weighted by molar-refractivity contribution is -0.121. The number of ether oxygens (including phenoxy) is 1. The van der Waals surface area contributed by atoms with Gasteiger partial charge in [0.1, 0.15) is 35.7 Å². The summed E-state index contributed by atoms with van der Waals surface area (Å²) < 4.78 is 7.04. The highest BCUT2D eigenvalue weighted by atomic mass is 16.6. The number of aliphatic hydroxyl groups is 3. The summed E-state index contributed by atoms with van der Waals surface area (Å²) in [6, 6.07) is 4.99. The van der Waals surface area contributed by atoms with Crippen LogP contribution in [0.3, 0.4) is 0 Å². The van der Waals surface area contributed by atoms with Crippen LogP contribution in [0.4, 0.5) is 5.82 Å². The molecule has 0 radical (unpaired) electrons. The molecule has 0 saturated carbocycles. The van der Waals surface area contributed by atoms with Crippen LogP contribution in [0.2, 0.25) is 0 Å². The van der Waals surface area contributed by atoms with Gasteiger partial charge in [0.05, 0.1) is 12.3 Å². The van der Waals surface area contributed by atoms with Crippen LogP contribution in [0, 0.1) is 11.3 Å². The zero-order valence-corrected chi connectivity index (χ0v) is 11.7. The van der Waals surface area contributed by atoms with Crippen LogP contribution in [-0.2, 0) is 10.3 Å². The second-order valence-electron chi connectivity index (χ2n) is 5.42. The fourth-order valence-corrected chi connectivity index (χ4v) is 2.84. The Bertz CT molecular complexity index is 771. The minimum Gasteiger partial charge on any atom is -0.392 e. The van der Waals surface area contributed by atoms with Crippen LogP contribution in [0.1, 0.15) is 12.6 Å². The van der Waals surface area contributed by atoms with E-state index in [-0.39, 0.29) is 5.82 Å². The first-order valence-corrected chi connectivity index (χ1v) is 6.57. The molecule has 0 aliphatic carbocycles. The number of nitrogen functional groups attached to an aromatic ring is 1. The Kier molecular flexibility index (Phi) is 3.08. The molecule has 0 aromatic carbocycles. The summed E-state index contributed by atoms with van der Waals surface area (Å²) in [5.41, 5.74) is 3.29. The Morgan fingerprint density at radius 2 is 2.18 bits per heavy atom. The Hall–Kier alpha value is -2.25. The number of anilines is 1. The Morgan fingerprint density at radius 3 is 2.77 bits per heavy atom. The van der Waals surface area contributed by atoms with E-state index in [4.69, 9.17) is 10.5 Å². The monoisotopic (exact) mass is 305 g/mol. The minimum absolute atomic E-state index is 0.242. The lowest BCUT2D eigenvalue weighted by atomic mass is 9.90. The predicted molar refractivity (Wildman–Crippen MR) is 73.3 cm³/mol. The van der Waals surface area contributed by atoms with Crippen LogP contribution in [0.15, 0.2) is 18.5 Å². The van der Waals surface area contributed by atoms with E-state index < -0.39 is 30.0 Å². The summed E-state index contributed by atoms with van der Waals surface area (Å²) in [6.45, 7) is 0.757. The molecule has 5 N–H and O–H groups in total. The molecule has 1 aliphatic rings. The van der Waals surface area contributed by atoms with Crippen molar-refractivity contribution >= 4 is 11.3 Å². The van der Waals surface area contributed by atoms with E-state index in [0.29, 0.717) is 11.2 Å². The van der Waals surface area contributed by atoms with Crippen molar-refractivity contribution in [2.24, 2.45) is 0 Å². The third-order valence-electron chi connectivity index (χ3n) is 4.15.